The molecule has 0 heterocycles. The average Bonchev–Trinajstić information content (AvgIpc) is 2.67. The summed E-state index contributed by atoms with van der Waals surface area (Å²) in [6.45, 7) is 4.81. The van der Waals surface area contributed by atoms with Gasteiger partial charge in [-0.2, -0.15) is 0 Å². The summed E-state index contributed by atoms with van der Waals surface area (Å²) in [7, 11) is 0. The van der Waals surface area contributed by atoms with Crippen molar-refractivity contribution in [1.29, 1.82) is 0 Å². The van der Waals surface area contributed by atoms with Crippen LogP contribution < -0.4 is 10.6 Å². The van der Waals surface area contributed by atoms with Crippen LogP contribution in [-0.4, -0.2) is 35.9 Å². The van der Waals surface area contributed by atoms with Crippen LogP contribution in [0.15, 0.2) is 36.4 Å². The molecule has 2 aromatic carbocycles. The lowest BCUT2D eigenvalue weighted by molar-refractivity contribution is -0.384. The molecule has 0 unspecified atom stereocenters. The first-order valence-electron chi connectivity index (χ1n) is 8.73. The molecule has 2 aromatic rings. The maximum absolute atomic E-state index is 12.1. The number of aryl methyl sites for hydroxylation is 3. The van der Waals surface area contributed by atoms with Gasteiger partial charge in [-0.3, -0.25) is 19.7 Å². The first-order chi connectivity index (χ1) is 13.7. The number of ether oxygens (including phenoxy) is 1. The topological polar surface area (TPSA) is 128 Å². The van der Waals surface area contributed by atoms with E-state index in [1.54, 1.807) is 0 Å². The highest BCUT2D eigenvalue weighted by atomic mass is 16.6. The molecule has 0 aliphatic rings. The lowest BCUT2D eigenvalue weighted by Gasteiger charge is -2.13. The number of carbonyl (C=O) groups excluding carboxylic acids is 3. The molecule has 0 aliphatic heterocycles. The van der Waals surface area contributed by atoms with Crippen LogP contribution in [0.4, 0.5) is 11.4 Å². The van der Waals surface area contributed by atoms with Crippen LogP contribution >= 0.6 is 0 Å². The van der Waals surface area contributed by atoms with Gasteiger partial charge in [-0.15, -0.1) is 0 Å². The summed E-state index contributed by atoms with van der Waals surface area (Å²) in [6, 6.07) is 8.85. The quantitative estimate of drug-likeness (QED) is 0.418. The van der Waals surface area contributed by atoms with Crippen molar-refractivity contribution in [3.8, 4) is 0 Å². The van der Waals surface area contributed by atoms with E-state index in [0.717, 1.165) is 22.8 Å². The molecule has 9 nitrogen and oxygen atoms in total. The minimum absolute atomic E-state index is 0.0462. The van der Waals surface area contributed by atoms with Gasteiger partial charge in [0, 0.05) is 17.8 Å². The Kier molecular flexibility index (Phi) is 7.02. The minimum atomic E-state index is -0.876. The van der Waals surface area contributed by atoms with E-state index in [0.29, 0.717) is 5.69 Å². The van der Waals surface area contributed by atoms with Crippen LogP contribution in [0.1, 0.15) is 27.0 Å². The number of nitro benzene ring substituents is 1. The summed E-state index contributed by atoms with van der Waals surface area (Å²) >= 11 is 0. The number of amides is 2. The molecule has 0 radical (unpaired) electrons. The summed E-state index contributed by atoms with van der Waals surface area (Å²) in [5, 5.41) is 15.8. The first kappa shape index (κ1) is 21.5. The number of rotatable bonds is 7. The number of esters is 1. The number of nitro groups is 1. The monoisotopic (exact) mass is 399 g/mol. The smallest absolute Gasteiger partial charge is 0.338 e. The Labute approximate surface area is 167 Å². The van der Waals surface area contributed by atoms with Crippen LogP contribution in [0.2, 0.25) is 0 Å². The largest absolute Gasteiger partial charge is 0.452 e. The third kappa shape index (κ3) is 6.13. The fourth-order valence-electron chi connectivity index (χ4n) is 2.75. The van der Waals surface area contributed by atoms with Gasteiger partial charge in [0.15, 0.2) is 6.61 Å². The molecular weight excluding hydrogens is 378 g/mol. The van der Waals surface area contributed by atoms with Gasteiger partial charge in [-0.1, -0.05) is 23.8 Å². The molecule has 2 N–H and O–H groups in total. The van der Waals surface area contributed by atoms with E-state index in [-0.39, 0.29) is 17.8 Å². The van der Waals surface area contributed by atoms with E-state index in [9.17, 15) is 24.5 Å². The predicted octanol–water partition coefficient (Wildman–Crippen LogP) is 2.43. The van der Waals surface area contributed by atoms with Gasteiger partial charge in [0.2, 0.25) is 5.91 Å². The Morgan fingerprint density at radius 3 is 2.31 bits per heavy atom. The molecule has 152 valence electrons. The van der Waals surface area contributed by atoms with Crippen LogP contribution in [0.5, 0.6) is 0 Å². The normalized spacial score (nSPS) is 10.2. The van der Waals surface area contributed by atoms with Crippen LogP contribution in [0, 0.1) is 30.9 Å². The molecule has 0 aliphatic carbocycles. The maximum Gasteiger partial charge on any atom is 0.338 e. The van der Waals surface area contributed by atoms with Crippen LogP contribution in [0.25, 0.3) is 0 Å². The zero-order valence-electron chi connectivity index (χ0n) is 16.3. The van der Waals surface area contributed by atoms with Gasteiger partial charge >= 0.3 is 5.97 Å². The second kappa shape index (κ2) is 9.45. The molecule has 0 spiro atoms. The van der Waals surface area contributed by atoms with Gasteiger partial charge in [-0.05, 0) is 38.0 Å². The third-order valence-corrected chi connectivity index (χ3v) is 4.01. The molecule has 0 saturated carbocycles. The zero-order valence-corrected chi connectivity index (χ0v) is 16.3. The number of nitrogens with one attached hydrogen (secondary N) is 2. The van der Waals surface area contributed by atoms with E-state index in [1.165, 1.54) is 18.2 Å². The molecule has 0 aromatic heterocycles. The van der Waals surface area contributed by atoms with Crippen molar-refractivity contribution in [2.75, 3.05) is 18.5 Å². The van der Waals surface area contributed by atoms with Crippen molar-refractivity contribution >= 4 is 29.2 Å². The van der Waals surface area contributed by atoms with E-state index in [4.69, 9.17) is 4.74 Å². The van der Waals surface area contributed by atoms with Crippen LogP contribution in [0.3, 0.4) is 0 Å². The van der Waals surface area contributed by atoms with Crippen molar-refractivity contribution in [3.05, 3.63) is 68.8 Å². The van der Waals surface area contributed by atoms with Crippen molar-refractivity contribution in [2.45, 2.75) is 20.8 Å². The van der Waals surface area contributed by atoms with E-state index < -0.39 is 29.3 Å². The Hall–Kier alpha value is -3.75. The lowest BCUT2D eigenvalue weighted by Crippen LogP contribution is -2.35. The second-order valence-electron chi connectivity index (χ2n) is 6.48. The maximum atomic E-state index is 12.1. The number of hydrogen-bond donors (Lipinski definition) is 2. The van der Waals surface area contributed by atoms with Gasteiger partial charge in [0.05, 0.1) is 17.0 Å². The number of nitrogens with zero attached hydrogens (tertiary/aromatic N) is 1. The SMILES string of the molecule is Cc1cc(C)c(NC(=O)CNC(=O)COC(=O)c2cccc([N+](=O)[O-])c2)c(C)c1. The summed E-state index contributed by atoms with van der Waals surface area (Å²) in [5.74, 6) is -1.96. The Bertz CT molecular complexity index is 947. The standard InChI is InChI=1S/C20H21N3O6/c1-12-7-13(2)19(14(3)8-12)22-17(24)10-21-18(25)11-29-20(26)15-5-4-6-16(9-15)23(27)28/h4-9H,10-11H2,1-3H3,(H,21,25)(H,22,24). The first-order valence-corrected chi connectivity index (χ1v) is 8.73. The van der Waals surface area contributed by atoms with Gasteiger partial charge in [0.1, 0.15) is 0 Å². The van der Waals surface area contributed by atoms with Crippen molar-refractivity contribution in [2.24, 2.45) is 0 Å². The number of benzene rings is 2. The molecule has 29 heavy (non-hydrogen) atoms. The molecule has 2 amide bonds. The second-order valence-corrected chi connectivity index (χ2v) is 6.48. The minimum Gasteiger partial charge on any atom is -0.452 e. The number of hydrogen-bond acceptors (Lipinski definition) is 6. The molecule has 0 fully saturated rings. The summed E-state index contributed by atoms with van der Waals surface area (Å²) < 4.78 is 4.82. The van der Waals surface area contributed by atoms with Gasteiger partial charge < -0.3 is 15.4 Å². The van der Waals surface area contributed by atoms with Crippen molar-refractivity contribution in [3.63, 3.8) is 0 Å². The van der Waals surface area contributed by atoms with Gasteiger partial charge in [-0.25, -0.2) is 4.79 Å². The highest BCUT2D eigenvalue weighted by Gasteiger charge is 2.15. The molecular formula is C20H21N3O6. The molecule has 9 heteroatoms. The van der Waals surface area contributed by atoms with Crippen molar-refractivity contribution in [1.82, 2.24) is 5.32 Å². The Morgan fingerprint density at radius 1 is 1.03 bits per heavy atom. The zero-order chi connectivity index (χ0) is 21.6. The van der Waals surface area contributed by atoms with Gasteiger partial charge in [0.25, 0.3) is 11.6 Å². The van der Waals surface area contributed by atoms with E-state index >= 15 is 0 Å². The lowest BCUT2D eigenvalue weighted by atomic mass is 10.1. The molecule has 0 atom stereocenters. The highest BCUT2D eigenvalue weighted by Crippen LogP contribution is 2.21. The number of carbonyl (C=O) groups is 3. The summed E-state index contributed by atoms with van der Waals surface area (Å²) in [4.78, 5) is 45.9. The third-order valence-electron chi connectivity index (χ3n) is 4.01. The average molecular weight is 399 g/mol. The molecule has 0 saturated heterocycles. The van der Waals surface area contributed by atoms with E-state index in [1.807, 2.05) is 32.9 Å². The Morgan fingerprint density at radius 2 is 1.69 bits per heavy atom. The highest BCUT2D eigenvalue weighted by molar-refractivity contribution is 5.96. The molecule has 2 rings (SSSR count). The fraction of sp³-hybridized carbons (Fsp3) is 0.250. The van der Waals surface area contributed by atoms with E-state index in [2.05, 4.69) is 10.6 Å². The van der Waals surface area contributed by atoms with Crippen molar-refractivity contribution < 1.29 is 24.0 Å². The Balaban J connectivity index is 1.82. The molecule has 0 bridgehead atoms. The fourth-order valence-corrected chi connectivity index (χ4v) is 2.75. The number of non-ortho nitro benzene ring substituents is 1. The predicted molar refractivity (Wildman–Crippen MR) is 106 cm³/mol. The summed E-state index contributed by atoms with van der Waals surface area (Å²) in [6.07, 6.45) is 0. The summed E-state index contributed by atoms with van der Waals surface area (Å²) in [5.41, 5.74) is 3.28. The number of anilines is 1. The van der Waals surface area contributed by atoms with Crippen LogP contribution in [-0.2, 0) is 14.3 Å².